The average Bonchev–Trinajstić information content (AvgIpc) is 3.25. The molecule has 4 aliphatic rings. The molecular weight excluding hydrogens is 498 g/mol. The van der Waals surface area contributed by atoms with Crippen LogP contribution in [0.1, 0.15) is 77.0 Å². The Morgan fingerprint density at radius 2 is 1.74 bits per heavy atom. The summed E-state index contributed by atoms with van der Waals surface area (Å²) in [4.78, 5) is 37.6. The van der Waals surface area contributed by atoms with E-state index in [1.165, 1.54) is 26.4 Å². The van der Waals surface area contributed by atoms with E-state index in [2.05, 4.69) is 5.32 Å². The number of alkyl carbamates (subject to hydrolysis) is 1. The van der Waals surface area contributed by atoms with E-state index in [4.69, 9.17) is 18.6 Å². The fraction of sp³-hybridized carbons (Fsp3) is 0.645. The van der Waals surface area contributed by atoms with E-state index >= 15 is 0 Å². The van der Waals surface area contributed by atoms with Crippen molar-refractivity contribution in [1.29, 1.82) is 0 Å². The zero-order valence-electron chi connectivity index (χ0n) is 23.5. The van der Waals surface area contributed by atoms with Crippen molar-refractivity contribution in [3.05, 3.63) is 35.8 Å². The second kappa shape index (κ2) is 10.9. The SMILES string of the molecule is COC(=O)CCc1ccc2c(CC(NC(=O)OCC34CC5CC(CC(C5)C3)C4)C(=O)OC(C)(C)C)occ2c1. The number of methoxy groups -OCH3 is 1. The fourth-order valence-electron chi connectivity index (χ4n) is 7.44. The summed E-state index contributed by atoms with van der Waals surface area (Å²) in [5.41, 5.74) is 0.367. The first-order valence-corrected chi connectivity index (χ1v) is 14.2. The maximum Gasteiger partial charge on any atom is 0.407 e. The van der Waals surface area contributed by atoms with Crippen LogP contribution in [0.5, 0.6) is 0 Å². The molecule has 1 unspecified atom stereocenters. The minimum atomic E-state index is -0.957. The lowest BCUT2D eigenvalue weighted by atomic mass is 9.50. The van der Waals surface area contributed by atoms with E-state index in [1.54, 1.807) is 27.0 Å². The lowest BCUT2D eigenvalue weighted by Crippen LogP contribution is -2.50. The molecule has 4 saturated carbocycles. The second-order valence-corrected chi connectivity index (χ2v) is 13.1. The normalized spacial score (nSPS) is 26.3. The third kappa shape index (κ3) is 6.59. The summed E-state index contributed by atoms with van der Waals surface area (Å²) in [6.45, 7) is 5.80. The molecule has 1 atom stereocenters. The first-order chi connectivity index (χ1) is 18.5. The number of benzene rings is 1. The third-order valence-corrected chi connectivity index (χ3v) is 8.64. The van der Waals surface area contributed by atoms with Crippen LogP contribution in [-0.4, -0.2) is 43.4 Å². The minimum absolute atomic E-state index is 0.0935. The van der Waals surface area contributed by atoms with Crippen molar-refractivity contribution in [2.24, 2.45) is 23.2 Å². The third-order valence-electron chi connectivity index (χ3n) is 8.64. The van der Waals surface area contributed by atoms with Gasteiger partial charge < -0.3 is 23.9 Å². The van der Waals surface area contributed by atoms with Crippen LogP contribution in [-0.2, 0) is 36.6 Å². The molecule has 1 amide bonds. The number of amides is 1. The van der Waals surface area contributed by atoms with Crippen molar-refractivity contribution in [3.8, 4) is 0 Å². The molecule has 2 aromatic rings. The molecule has 1 N–H and O–H groups in total. The summed E-state index contributed by atoms with van der Waals surface area (Å²) >= 11 is 0. The highest BCUT2D eigenvalue weighted by atomic mass is 16.6. The van der Waals surface area contributed by atoms with Gasteiger partial charge in [0.2, 0.25) is 0 Å². The maximum atomic E-state index is 13.1. The number of furan rings is 1. The smallest absolute Gasteiger partial charge is 0.407 e. The Labute approximate surface area is 230 Å². The Morgan fingerprint density at radius 3 is 2.36 bits per heavy atom. The Morgan fingerprint density at radius 1 is 1.08 bits per heavy atom. The predicted octanol–water partition coefficient (Wildman–Crippen LogP) is 5.73. The summed E-state index contributed by atoms with van der Waals surface area (Å²) in [6, 6.07) is 4.85. The van der Waals surface area contributed by atoms with Crippen molar-refractivity contribution >= 4 is 28.8 Å². The monoisotopic (exact) mass is 539 g/mol. The van der Waals surface area contributed by atoms with Crippen molar-refractivity contribution in [2.45, 2.75) is 90.2 Å². The van der Waals surface area contributed by atoms with Gasteiger partial charge in [0, 0.05) is 29.0 Å². The number of carbonyl (C=O) groups excluding carboxylic acids is 3. The molecule has 4 fully saturated rings. The molecule has 4 aliphatic carbocycles. The number of nitrogens with one attached hydrogen (secondary N) is 1. The number of fused-ring (bicyclic) bond motifs is 1. The number of aryl methyl sites for hydroxylation is 1. The molecule has 212 valence electrons. The van der Waals surface area contributed by atoms with E-state index < -0.39 is 23.7 Å². The Balaban J connectivity index is 1.25. The van der Waals surface area contributed by atoms with E-state index in [0.717, 1.165) is 53.4 Å². The molecule has 0 aliphatic heterocycles. The van der Waals surface area contributed by atoms with Crippen LogP contribution in [0.3, 0.4) is 0 Å². The van der Waals surface area contributed by atoms with Gasteiger partial charge >= 0.3 is 18.0 Å². The van der Waals surface area contributed by atoms with Crippen molar-refractivity contribution in [1.82, 2.24) is 5.32 Å². The van der Waals surface area contributed by atoms with Gasteiger partial charge in [-0.1, -0.05) is 12.1 Å². The average molecular weight is 540 g/mol. The van der Waals surface area contributed by atoms with Crippen LogP contribution in [0.25, 0.3) is 10.8 Å². The zero-order valence-corrected chi connectivity index (χ0v) is 23.5. The molecule has 6 rings (SSSR count). The highest BCUT2D eigenvalue weighted by Crippen LogP contribution is 2.60. The predicted molar refractivity (Wildman–Crippen MR) is 145 cm³/mol. The van der Waals surface area contributed by atoms with Gasteiger partial charge in [-0.2, -0.15) is 0 Å². The molecule has 39 heavy (non-hydrogen) atoms. The zero-order chi connectivity index (χ0) is 27.8. The number of esters is 2. The molecule has 1 heterocycles. The molecule has 4 bridgehead atoms. The molecule has 0 radical (unpaired) electrons. The van der Waals surface area contributed by atoms with Crippen molar-refractivity contribution in [3.63, 3.8) is 0 Å². The lowest BCUT2D eigenvalue weighted by molar-refractivity contribution is -0.157. The molecule has 1 aromatic heterocycles. The molecule has 8 heteroatoms. The Hall–Kier alpha value is -3.03. The van der Waals surface area contributed by atoms with Gasteiger partial charge in [0.1, 0.15) is 17.4 Å². The first-order valence-electron chi connectivity index (χ1n) is 14.2. The summed E-state index contributed by atoms with van der Waals surface area (Å²) in [5, 5.41) is 4.48. The summed E-state index contributed by atoms with van der Waals surface area (Å²) in [5.74, 6) is 2.08. The van der Waals surface area contributed by atoms with Gasteiger partial charge in [-0.3, -0.25) is 4.79 Å². The van der Waals surface area contributed by atoms with Crippen molar-refractivity contribution in [2.75, 3.05) is 13.7 Å². The minimum Gasteiger partial charge on any atom is -0.469 e. The fourth-order valence-corrected chi connectivity index (χ4v) is 7.44. The maximum absolute atomic E-state index is 13.1. The topological polar surface area (TPSA) is 104 Å². The number of rotatable bonds is 9. The Bertz CT molecular complexity index is 1190. The van der Waals surface area contributed by atoms with Crippen LogP contribution < -0.4 is 5.32 Å². The van der Waals surface area contributed by atoms with Crippen molar-refractivity contribution < 1.29 is 33.0 Å². The Kier molecular flexibility index (Phi) is 7.66. The second-order valence-electron chi connectivity index (χ2n) is 13.1. The standard InChI is InChI=1S/C31H41NO7/c1-30(2,3)39-28(34)25(13-26-24-7-5-19(6-8-27(33)36-4)12-23(24)17-37-26)32-29(35)38-18-31-14-20-9-21(15-31)11-22(10-20)16-31/h5,7,12,17,20-22,25H,6,8-11,13-16,18H2,1-4H3,(H,32,35). The summed E-state index contributed by atoms with van der Waals surface area (Å²) < 4.78 is 22.0. The van der Waals surface area contributed by atoms with E-state index in [1.807, 2.05) is 18.2 Å². The number of hydrogen-bond donors (Lipinski definition) is 1. The van der Waals surface area contributed by atoms with Crippen LogP contribution in [0.4, 0.5) is 4.79 Å². The quantitative estimate of drug-likeness (QED) is 0.320. The molecule has 1 aromatic carbocycles. The van der Waals surface area contributed by atoms with Gasteiger partial charge in [0.05, 0.1) is 20.0 Å². The summed E-state index contributed by atoms with van der Waals surface area (Å²) in [6.07, 6.45) is 9.43. The van der Waals surface area contributed by atoms with Gasteiger partial charge in [0.15, 0.2) is 0 Å². The van der Waals surface area contributed by atoms with Crippen LogP contribution in [0.2, 0.25) is 0 Å². The molecule has 0 spiro atoms. The largest absolute Gasteiger partial charge is 0.469 e. The van der Waals surface area contributed by atoms with E-state index in [9.17, 15) is 14.4 Å². The first kappa shape index (κ1) is 27.5. The highest BCUT2D eigenvalue weighted by molar-refractivity contribution is 5.87. The van der Waals surface area contributed by atoms with E-state index in [0.29, 0.717) is 25.2 Å². The van der Waals surface area contributed by atoms with Crippen LogP contribution >= 0.6 is 0 Å². The van der Waals surface area contributed by atoms with Crippen LogP contribution in [0, 0.1) is 23.2 Å². The molecular formula is C31H41NO7. The number of carbonyl (C=O) groups is 3. The highest BCUT2D eigenvalue weighted by Gasteiger charge is 2.51. The molecule has 8 nitrogen and oxygen atoms in total. The van der Waals surface area contributed by atoms with Gasteiger partial charge in [-0.05, 0) is 95.1 Å². The number of hydrogen-bond acceptors (Lipinski definition) is 7. The molecule has 0 saturated heterocycles. The van der Waals surface area contributed by atoms with Crippen LogP contribution in [0.15, 0.2) is 28.9 Å². The van der Waals surface area contributed by atoms with Gasteiger partial charge in [-0.25, -0.2) is 9.59 Å². The lowest BCUT2D eigenvalue weighted by Gasteiger charge is -2.56. The van der Waals surface area contributed by atoms with Gasteiger partial charge in [0.25, 0.3) is 0 Å². The summed E-state index contributed by atoms with van der Waals surface area (Å²) in [7, 11) is 1.38. The number of ether oxygens (including phenoxy) is 3. The van der Waals surface area contributed by atoms with Gasteiger partial charge in [-0.15, -0.1) is 0 Å². The van der Waals surface area contributed by atoms with E-state index in [-0.39, 0.29) is 17.8 Å².